The van der Waals surface area contributed by atoms with Crippen molar-refractivity contribution in [1.29, 1.82) is 0 Å². The first-order valence-electron chi connectivity index (χ1n) is 4.46. The Morgan fingerprint density at radius 1 is 1.00 bits per heavy atom. The second-order valence-corrected chi connectivity index (χ2v) is 3.17. The molecule has 3 rings (SSSR count). The van der Waals surface area contributed by atoms with E-state index in [1.807, 2.05) is 18.2 Å². The van der Waals surface area contributed by atoms with Crippen LogP contribution in [0, 0.1) is 6.07 Å². The van der Waals surface area contributed by atoms with Gasteiger partial charge in [-0.3, -0.25) is 0 Å². The highest BCUT2D eigenvalue weighted by molar-refractivity contribution is 6.05. The molecule has 1 aromatic heterocycles. The first-order valence-corrected chi connectivity index (χ1v) is 4.46. The van der Waals surface area contributed by atoms with Gasteiger partial charge < -0.3 is 0 Å². The standard InChI is InChI=1S/C12H7N2/c1-2-4-10-9(3-1)5-6-12-11(10)7-8-13-14-12/h1-6,8H. The minimum Gasteiger partial charge on any atom is -0.158 e. The number of nitrogens with zero attached hydrogens (tertiary/aromatic N) is 2. The Balaban J connectivity index is 2.61. The molecule has 14 heavy (non-hydrogen) atoms. The second kappa shape index (κ2) is 2.77. The van der Waals surface area contributed by atoms with Gasteiger partial charge in [-0.15, -0.1) is 0 Å². The zero-order chi connectivity index (χ0) is 9.38. The van der Waals surface area contributed by atoms with Gasteiger partial charge in [0.05, 0.1) is 11.7 Å². The summed E-state index contributed by atoms with van der Waals surface area (Å²) < 4.78 is 0. The van der Waals surface area contributed by atoms with Crippen molar-refractivity contribution in [2.45, 2.75) is 0 Å². The van der Waals surface area contributed by atoms with Crippen molar-refractivity contribution >= 4 is 21.7 Å². The molecular weight excluding hydrogens is 172 g/mol. The molecule has 2 heteroatoms. The fourth-order valence-electron chi connectivity index (χ4n) is 1.68. The Morgan fingerprint density at radius 3 is 2.93 bits per heavy atom. The molecule has 0 saturated carbocycles. The Labute approximate surface area is 81.2 Å². The number of rotatable bonds is 0. The first kappa shape index (κ1) is 7.44. The molecule has 0 N–H and O–H groups in total. The normalized spacial score (nSPS) is 10.9. The number of aromatic nitrogens is 2. The zero-order valence-corrected chi connectivity index (χ0v) is 7.44. The van der Waals surface area contributed by atoms with Gasteiger partial charge in [0, 0.05) is 11.5 Å². The van der Waals surface area contributed by atoms with Gasteiger partial charge in [-0.2, -0.15) is 10.2 Å². The lowest BCUT2D eigenvalue weighted by molar-refractivity contribution is 1.08. The molecular formula is C12H7N2. The SMILES string of the molecule is [c]1cnnc2ccc3ccccc3c12. The molecule has 0 aliphatic carbocycles. The Hall–Kier alpha value is -1.96. The fraction of sp³-hybridized carbons (Fsp3) is 0. The van der Waals surface area contributed by atoms with E-state index in [9.17, 15) is 0 Å². The summed E-state index contributed by atoms with van der Waals surface area (Å²) >= 11 is 0. The van der Waals surface area contributed by atoms with Crippen molar-refractivity contribution in [1.82, 2.24) is 10.2 Å². The number of hydrogen-bond acceptors (Lipinski definition) is 2. The van der Waals surface area contributed by atoms with Gasteiger partial charge in [0.2, 0.25) is 0 Å². The van der Waals surface area contributed by atoms with E-state index in [0.29, 0.717) is 0 Å². The Bertz CT molecular complexity index is 547. The average Bonchev–Trinajstić information content (AvgIpc) is 2.29. The molecule has 0 fully saturated rings. The van der Waals surface area contributed by atoms with Crippen LogP contribution in [0.4, 0.5) is 0 Å². The molecule has 1 radical (unpaired) electrons. The fourth-order valence-corrected chi connectivity index (χ4v) is 1.68. The molecule has 1 heterocycles. The van der Waals surface area contributed by atoms with E-state index in [0.717, 1.165) is 10.9 Å². The van der Waals surface area contributed by atoms with E-state index in [-0.39, 0.29) is 0 Å². The third-order valence-corrected chi connectivity index (χ3v) is 2.34. The van der Waals surface area contributed by atoms with Gasteiger partial charge in [0.25, 0.3) is 0 Å². The van der Waals surface area contributed by atoms with Gasteiger partial charge in [-0.05, 0) is 16.8 Å². The lowest BCUT2D eigenvalue weighted by Crippen LogP contribution is -1.83. The molecule has 0 spiro atoms. The van der Waals surface area contributed by atoms with E-state index >= 15 is 0 Å². The summed E-state index contributed by atoms with van der Waals surface area (Å²) in [6.07, 6.45) is 1.61. The van der Waals surface area contributed by atoms with Crippen LogP contribution in [-0.2, 0) is 0 Å². The summed E-state index contributed by atoms with van der Waals surface area (Å²) in [6.45, 7) is 0. The van der Waals surface area contributed by atoms with Crippen LogP contribution in [-0.4, -0.2) is 10.2 Å². The molecule has 0 unspecified atom stereocenters. The molecule has 0 aliphatic rings. The highest BCUT2D eigenvalue weighted by atomic mass is 15.1. The minimum absolute atomic E-state index is 0.895. The van der Waals surface area contributed by atoms with E-state index in [4.69, 9.17) is 0 Å². The maximum atomic E-state index is 4.05. The number of benzene rings is 2. The monoisotopic (exact) mass is 179 g/mol. The second-order valence-electron chi connectivity index (χ2n) is 3.17. The lowest BCUT2D eigenvalue weighted by atomic mass is 10.1. The molecule has 0 atom stereocenters. The molecule has 0 bridgehead atoms. The van der Waals surface area contributed by atoms with Crippen molar-refractivity contribution in [3.8, 4) is 0 Å². The van der Waals surface area contributed by atoms with E-state index in [2.05, 4.69) is 34.5 Å². The van der Waals surface area contributed by atoms with Gasteiger partial charge in [0.15, 0.2) is 0 Å². The molecule has 65 valence electrons. The van der Waals surface area contributed by atoms with Crippen LogP contribution in [0.25, 0.3) is 21.7 Å². The van der Waals surface area contributed by atoms with Crippen LogP contribution in [0.3, 0.4) is 0 Å². The van der Waals surface area contributed by atoms with Crippen molar-refractivity contribution in [3.05, 3.63) is 48.7 Å². The summed E-state index contributed by atoms with van der Waals surface area (Å²) in [7, 11) is 0. The van der Waals surface area contributed by atoms with E-state index < -0.39 is 0 Å². The smallest absolute Gasteiger partial charge is 0.0942 e. The van der Waals surface area contributed by atoms with Crippen LogP contribution in [0.5, 0.6) is 0 Å². The summed E-state index contributed by atoms with van der Waals surface area (Å²) in [5, 5.41) is 11.3. The Morgan fingerprint density at radius 2 is 1.93 bits per heavy atom. The third-order valence-electron chi connectivity index (χ3n) is 2.34. The van der Waals surface area contributed by atoms with Crippen LogP contribution >= 0.6 is 0 Å². The maximum Gasteiger partial charge on any atom is 0.0942 e. The van der Waals surface area contributed by atoms with Crippen molar-refractivity contribution in [2.24, 2.45) is 0 Å². The van der Waals surface area contributed by atoms with Gasteiger partial charge in [0.1, 0.15) is 0 Å². The van der Waals surface area contributed by atoms with Crippen molar-refractivity contribution < 1.29 is 0 Å². The maximum absolute atomic E-state index is 4.05. The van der Waals surface area contributed by atoms with Crippen LogP contribution in [0.2, 0.25) is 0 Å². The topological polar surface area (TPSA) is 25.8 Å². The summed E-state index contributed by atoms with van der Waals surface area (Å²) in [4.78, 5) is 0. The first-order chi connectivity index (χ1) is 6.95. The predicted molar refractivity (Wildman–Crippen MR) is 55.9 cm³/mol. The molecule has 2 aromatic carbocycles. The van der Waals surface area contributed by atoms with Crippen molar-refractivity contribution in [3.63, 3.8) is 0 Å². The minimum atomic E-state index is 0.895. The predicted octanol–water partition coefficient (Wildman–Crippen LogP) is 2.58. The number of fused-ring (bicyclic) bond motifs is 3. The largest absolute Gasteiger partial charge is 0.158 e. The van der Waals surface area contributed by atoms with Crippen LogP contribution in [0.1, 0.15) is 0 Å². The Kier molecular flexibility index (Phi) is 1.47. The summed E-state index contributed by atoms with van der Waals surface area (Å²) in [5.74, 6) is 0. The molecule has 0 amide bonds. The van der Waals surface area contributed by atoms with E-state index in [1.54, 1.807) is 6.20 Å². The van der Waals surface area contributed by atoms with Crippen LogP contribution < -0.4 is 0 Å². The molecule has 0 aliphatic heterocycles. The zero-order valence-electron chi connectivity index (χ0n) is 7.44. The van der Waals surface area contributed by atoms with Gasteiger partial charge in [-0.1, -0.05) is 30.3 Å². The molecule has 0 saturated heterocycles. The third kappa shape index (κ3) is 0.973. The van der Waals surface area contributed by atoms with Gasteiger partial charge >= 0.3 is 0 Å². The highest BCUT2D eigenvalue weighted by Gasteiger charge is 1.99. The average molecular weight is 179 g/mol. The molecule has 2 nitrogen and oxygen atoms in total. The van der Waals surface area contributed by atoms with Crippen LogP contribution in [0.15, 0.2) is 42.6 Å². The van der Waals surface area contributed by atoms with Crippen molar-refractivity contribution in [2.75, 3.05) is 0 Å². The summed E-state index contributed by atoms with van der Waals surface area (Å²) in [5.41, 5.74) is 0.895. The van der Waals surface area contributed by atoms with E-state index in [1.165, 1.54) is 10.8 Å². The van der Waals surface area contributed by atoms with Gasteiger partial charge in [-0.25, -0.2) is 0 Å². The number of hydrogen-bond donors (Lipinski definition) is 0. The summed E-state index contributed by atoms with van der Waals surface area (Å²) in [6, 6.07) is 15.4. The quantitative estimate of drug-likeness (QED) is 0.496. The lowest BCUT2D eigenvalue weighted by Gasteiger charge is -2.00. The highest BCUT2D eigenvalue weighted by Crippen LogP contribution is 2.22. The molecule has 3 aromatic rings.